The van der Waals surface area contributed by atoms with Gasteiger partial charge in [-0.1, -0.05) is 0 Å². The maximum atomic E-state index is 14.5. The van der Waals surface area contributed by atoms with Crippen LogP contribution in [0, 0.1) is 28.8 Å². The van der Waals surface area contributed by atoms with Crippen LogP contribution in [0.5, 0.6) is 0 Å². The van der Waals surface area contributed by atoms with Gasteiger partial charge < -0.3 is 15.2 Å². The quantitative estimate of drug-likeness (QED) is 0.342. The van der Waals surface area contributed by atoms with Crippen molar-refractivity contribution in [2.24, 2.45) is 17.1 Å². The number of nitrogens with one attached hydrogen (secondary N) is 1. The molecule has 1 saturated carbocycles. The molecule has 3 N–H and O–H groups in total. The molecule has 0 radical (unpaired) electrons. The van der Waals surface area contributed by atoms with Crippen molar-refractivity contribution in [3.63, 3.8) is 0 Å². The van der Waals surface area contributed by atoms with Crippen molar-refractivity contribution >= 4 is 23.2 Å². The van der Waals surface area contributed by atoms with Crippen molar-refractivity contribution in [3.05, 3.63) is 35.1 Å². The summed E-state index contributed by atoms with van der Waals surface area (Å²) < 4.78 is 57.3. The molecule has 3 aliphatic rings. The van der Waals surface area contributed by atoms with Crippen LogP contribution < -0.4 is 10.5 Å². The largest absolute Gasteiger partial charge is 0.598 e. The standard InChI is InChI=1S/C24H32F3N3O3S/c1-23(2,3)34(33)29-20(11-13-10-18(26)19(27)12-17(13)25)14-8-15-4-5-16(9-14)30(15)22(32)24(6-7-24)21(28)31/h10,12,14-16,20,29H,4-9,11H2,1-3H3,(H2,28,31)/t14?,15?,16?,20-,34+/m1/s1. The number of carbonyl (C=O) groups is 2. The molecule has 0 spiro atoms. The summed E-state index contributed by atoms with van der Waals surface area (Å²) in [6.45, 7) is 5.44. The second kappa shape index (κ2) is 9.02. The van der Waals surface area contributed by atoms with Crippen molar-refractivity contribution in [2.45, 2.75) is 88.6 Å². The van der Waals surface area contributed by atoms with E-state index in [4.69, 9.17) is 5.73 Å². The molecule has 10 heteroatoms. The molecule has 6 nitrogen and oxygen atoms in total. The van der Waals surface area contributed by atoms with Crippen molar-refractivity contribution < 1.29 is 27.3 Å². The van der Waals surface area contributed by atoms with E-state index >= 15 is 0 Å². The van der Waals surface area contributed by atoms with Crippen LogP contribution in [0.15, 0.2) is 12.1 Å². The van der Waals surface area contributed by atoms with E-state index in [9.17, 15) is 27.3 Å². The van der Waals surface area contributed by atoms with Gasteiger partial charge in [0.1, 0.15) is 16.0 Å². The van der Waals surface area contributed by atoms with Gasteiger partial charge in [-0.25, -0.2) is 13.2 Å². The van der Waals surface area contributed by atoms with Gasteiger partial charge in [-0.2, -0.15) is 0 Å². The molecule has 3 fully saturated rings. The number of benzene rings is 1. The van der Waals surface area contributed by atoms with Gasteiger partial charge in [0.05, 0.1) is 6.04 Å². The lowest BCUT2D eigenvalue weighted by molar-refractivity contribution is -0.147. The molecule has 2 bridgehead atoms. The number of halogens is 3. The number of amides is 2. The smallest absolute Gasteiger partial charge is 0.238 e. The van der Waals surface area contributed by atoms with Crippen LogP contribution in [0.1, 0.15) is 64.9 Å². The topological polar surface area (TPSA) is 98.5 Å². The molecular formula is C24H32F3N3O3S. The highest BCUT2D eigenvalue weighted by atomic mass is 32.2. The summed E-state index contributed by atoms with van der Waals surface area (Å²) in [4.78, 5) is 26.9. The maximum absolute atomic E-state index is 14.5. The highest BCUT2D eigenvalue weighted by Crippen LogP contribution is 2.51. The Morgan fingerprint density at radius 1 is 1.15 bits per heavy atom. The molecule has 4 atom stereocenters. The number of nitrogens with two attached hydrogens (primary N) is 1. The van der Waals surface area contributed by atoms with Gasteiger partial charge in [0.15, 0.2) is 11.6 Å². The number of piperidine rings is 1. The number of hydrogen-bond acceptors (Lipinski definition) is 4. The van der Waals surface area contributed by atoms with Crippen LogP contribution in [0.25, 0.3) is 0 Å². The average Bonchev–Trinajstić information content (AvgIpc) is 3.51. The zero-order valence-corrected chi connectivity index (χ0v) is 20.5. The first-order valence-electron chi connectivity index (χ1n) is 11.8. The van der Waals surface area contributed by atoms with E-state index in [1.54, 1.807) is 0 Å². The van der Waals surface area contributed by atoms with Crippen LogP contribution >= 0.6 is 0 Å². The molecule has 1 aromatic rings. The van der Waals surface area contributed by atoms with E-state index in [1.807, 2.05) is 25.7 Å². The Kier molecular flexibility index (Phi) is 6.72. The Hall–Kier alpha value is -1.78. The molecule has 2 amide bonds. The molecule has 34 heavy (non-hydrogen) atoms. The molecular weight excluding hydrogens is 467 g/mol. The summed E-state index contributed by atoms with van der Waals surface area (Å²) in [7, 11) is 0. The van der Waals surface area contributed by atoms with E-state index in [1.165, 1.54) is 0 Å². The molecule has 4 rings (SSSR count). The third-order valence-electron chi connectivity index (χ3n) is 7.55. The van der Waals surface area contributed by atoms with Gasteiger partial charge in [-0.05, 0) is 83.3 Å². The fourth-order valence-corrected chi connectivity index (χ4v) is 6.30. The van der Waals surface area contributed by atoms with Crippen LogP contribution in [0.3, 0.4) is 0 Å². The third-order valence-corrected chi connectivity index (χ3v) is 9.18. The minimum atomic E-state index is -1.47. The fraction of sp³-hybridized carbons (Fsp3) is 0.667. The third kappa shape index (κ3) is 4.68. The van der Waals surface area contributed by atoms with E-state index < -0.39 is 50.9 Å². The summed E-state index contributed by atoms with van der Waals surface area (Å²) in [5.74, 6) is -4.07. The Labute approximate surface area is 201 Å². The number of hydrogen-bond donors (Lipinski definition) is 2. The lowest BCUT2D eigenvalue weighted by Crippen LogP contribution is -2.56. The molecule has 188 valence electrons. The van der Waals surface area contributed by atoms with Crippen LogP contribution in [0.4, 0.5) is 13.2 Å². The Bertz CT molecular complexity index is 968. The Morgan fingerprint density at radius 2 is 1.71 bits per heavy atom. The van der Waals surface area contributed by atoms with Crippen molar-refractivity contribution in [1.82, 2.24) is 9.62 Å². The minimum Gasteiger partial charge on any atom is -0.598 e. The van der Waals surface area contributed by atoms with Gasteiger partial charge in [-0.3, -0.25) is 9.59 Å². The number of rotatable bonds is 7. The second-order valence-electron chi connectivity index (χ2n) is 10.9. The van der Waals surface area contributed by atoms with E-state index in [0.29, 0.717) is 31.7 Å². The summed E-state index contributed by atoms with van der Waals surface area (Å²) >= 11 is -1.47. The van der Waals surface area contributed by atoms with Gasteiger partial charge in [0.25, 0.3) is 0 Å². The molecule has 1 aliphatic carbocycles. The van der Waals surface area contributed by atoms with Crippen LogP contribution in [-0.2, 0) is 27.4 Å². The highest BCUT2D eigenvalue weighted by Gasteiger charge is 2.60. The van der Waals surface area contributed by atoms with E-state index in [0.717, 1.165) is 18.9 Å². The van der Waals surface area contributed by atoms with Crippen molar-refractivity contribution in [3.8, 4) is 0 Å². The summed E-state index contributed by atoms with van der Waals surface area (Å²) in [5.41, 5.74) is 4.46. The lowest BCUT2D eigenvalue weighted by atomic mass is 9.82. The predicted molar refractivity (Wildman–Crippen MR) is 122 cm³/mol. The fourth-order valence-electron chi connectivity index (χ4n) is 5.39. The minimum absolute atomic E-state index is 0.0128. The van der Waals surface area contributed by atoms with Crippen molar-refractivity contribution in [1.29, 1.82) is 0 Å². The number of nitrogens with zero attached hydrogens (tertiary/aromatic N) is 1. The zero-order chi connectivity index (χ0) is 25.0. The number of primary amides is 1. The van der Waals surface area contributed by atoms with Crippen molar-refractivity contribution in [2.75, 3.05) is 0 Å². The number of carbonyl (C=O) groups excluding carboxylic acids is 2. The first-order valence-corrected chi connectivity index (χ1v) is 12.9. The van der Waals surface area contributed by atoms with Gasteiger partial charge in [-0.15, -0.1) is 4.72 Å². The van der Waals surface area contributed by atoms with E-state index in [2.05, 4.69) is 4.72 Å². The van der Waals surface area contributed by atoms with E-state index in [-0.39, 0.29) is 35.9 Å². The first kappa shape index (κ1) is 25.3. The maximum Gasteiger partial charge on any atom is 0.238 e. The molecule has 2 aliphatic heterocycles. The summed E-state index contributed by atoms with van der Waals surface area (Å²) in [5, 5.41) is 0. The molecule has 2 unspecified atom stereocenters. The Balaban J connectivity index is 1.56. The summed E-state index contributed by atoms with van der Waals surface area (Å²) in [6.07, 6.45) is 3.74. The Morgan fingerprint density at radius 3 is 2.21 bits per heavy atom. The molecule has 0 aromatic heterocycles. The van der Waals surface area contributed by atoms with Gasteiger partial charge >= 0.3 is 0 Å². The van der Waals surface area contributed by atoms with Crippen LogP contribution in [-0.4, -0.2) is 44.1 Å². The van der Waals surface area contributed by atoms with Gasteiger partial charge in [0, 0.05) is 29.5 Å². The first-order chi connectivity index (χ1) is 15.8. The zero-order valence-electron chi connectivity index (χ0n) is 19.7. The molecule has 2 heterocycles. The SMILES string of the molecule is CC(C)(C)[S@+]([O-])N[C@H](Cc1cc(F)c(F)cc1F)C1CC2CCC(C1)N2C(=O)C1(C(N)=O)CC1. The van der Waals surface area contributed by atoms with Crippen LogP contribution in [0.2, 0.25) is 0 Å². The second-order valence-corrected chi connectivity index (χ2v) is 12.9. The highest BCUT2D eigenvalue weighted by molar-refractivity contribution is 7.90. The lowest BCUT2D eigenvalue weighted by Gasteiger charge is -2.43. The molecule has 1 aromatic carbocycles. The monoisotopic (exact) mass is 499 g/mol. The molecule has 2 saturated heterocycles. The predicted octanol–water partition coefficient (Wildman–Crippen LogP) is 3.10. The summed E-state index contributed by atoms with van der Waals surface area (Å²) in [6, 6.07) is 0.749. The van der Waals surface area contributed by atoms with Gasteiger partial charge in [0.2, 0.25) is 11.8 Å². The number of fused-ring (bicyclic) bond motifs is 2. The average molecular weight is 500 g/mol. The normalized spacial score (nSPS) is 27.4.